The molecular weight excluding hydrogens is 308 g/mol. The number of ether oxygens (including phenoxy) is 1. The first kappa shape index (κ1) is 15.9. The normalized spacial score (nSPS) is 11.0. The molecule has 2 N–H and O–H groups in total. The lowest BCUT2D eigenvalue weighted by Gasteiger charge is -2.12. The summed E-state index contributed by atoms with van der Waals surface area (Å²) >= 11 is 0. The van der Waals surface area contributed by atoms with Crippen molar-refractivity contribution < 1.29 is 19.4 Å². The Balaban J connectivity index is 2.43. The van der Waals surface area contributed by atoms with E-state index in [-0.39, 0.29) is 33.4 Å². The van der Waals surface area contributed by atoms with Gasteiger partial charge in [0.05, 0.1) is 7.11 Å². The Hall–Kier alpha value is -2.95. The lowest BCUT2D eigenvalue weighted by Crippen LogP contribution is -2.05. The number of methoxy groups -OCH3 is 1. The number of rotatable bonds is 3. The summed E-state index contributed by atoms with van der Waals surface area (Å²) in [5, 5.41) is 20.7. The molecule has 0 saturated heterocycles. The molecule has 1 heterocycles. The largest absolute Gasteiger partial charge is 0.507 e. The minimum absolute atomic E-state index is 0.0435. The lowest BCUT2D eigenvalue weighted by molar-refractivity contribution is 0.402. The molecule has 3 aromatic rings. The molecule has 5 nitrogen and oxygen atoms in total. The van der Waals surface area contributed by atoms with Crippen molar-refractivity contribution in [2.45, 2.75) is 20.3 Å². The molecule has 0 aliphatic carbocycles. The van der Waals surface area contributed by atoms with E-state index in [1.807, 2.05) is 19.9 Å². The molecule has 0 bridgehead atoms. The number of phenolic OH excluding ortho intramolecular Hbond substituents is 2. The fourth-order valence-electron chi connectivity index (χ4n) is 2.72. The highest BCUT2D eigenvalue weighted by Gasteiger charge is 2.20. The number of allylic oxidation sites excluding steroid dienone is 2. The van der Waals surface area contributed by atoms with Crippen molar-refractivity contribution in [2.24, 2.45) is 0 Å². The van der Waals surface area contributed by atoms with Crippen molar-refractivity contribution in [3.8, 4) is 17.2 Å². The average molecular weight is 326 g/mol. The smallest absolute Gasteiger partial charge is 0.208 e. The van der Waals surface area contributed by atoms with Gasteiger partial charge >= 0.3 is 0 Å². The van der Waals surface area contributed by atoms with Crippen molar-refractivity contribution in [1.29, 1.82) is 0 Å². The first-order valence-corrected chi connectivity index (χ1v) is 7.54. The zero-order valence-electron chi connectivity index (χ0n) is 13.7. The van der Waals surface area contributed by atoms with Crippen LogP contribution in [0.4, 0.5) is 0 Å². The summed E-state index contributed by atoms with van der Waals surface area (Å²) in [6.07, 6.45) is 2.36. The van der Waals surface area contributed by atoms with E-state index in [0.717, 1.165) is 5.57 Å². The monoisotopic (exact) mass is 326 g/mol. The van der Waals surface area contributed by atoms with Crippen LogP contribution in [0, 0.1) is 0 Å². The van der Waals surface area contributed by atoms with Crippen molar-refractivity contribution >= 4 is 21.9 Å². The summed E-state index contributed by atoms with van der Waals surface area (Å²) in [6.45, 7) is 3.90. The van der Waals surface area contributed by atoms with Gasteiger partial charge in [-0.3, -0.25) is 4.79 Å². The Labute approximate surface area is 138 Å². The summed E-state index contributed by atoms with van der Waals surface area (Å²) in [6, 6.07) is 6.19. The van der Waals surface area contributed by atoms with Crippen LogP contribution < -0.4 is 10.2 Å². The molecule has 0 amide bonds. The van der Waals surface area contributed by atoms with E-state index in [1.54, 1.807) is 18.2 Å². The molecule has 0 fully saturated rings. The summed E-state index contributed by atoms with van der Waals surface area (Å²) in [5.74, 6) is 0.0881. The maximum atomic E-state index is 12.8. The van der Waals surface area contributed by atoms with E-state index in [2.05, 4.69) is 0 Å². The third kappa shape index (κ3) is 2.48. The van der Waals surface area contributed by atoms with Gasteiger partial charge in [0.2, 0.25) is 5.43 Å². The molecule has 0 unspecified atom stereocenters. The van der Waals surface area contributed by atoms with Gasteiger partial charge in [-0.2, -0.15) is 0 Å². The van der Waals surface area contributed by atoms with Gasteiger partial charge in [-0.05, 0) is 32.4 Å². The molecule has 3 rings (SSSR count). The summed E-state index contributed by atoms with van der Waals surface area (Å²) in [7, 11) is 1.50. The van der Waals surface area contributed by atoms with Crippen molar-refractivity contribution in [2.75, 3.05) is 7.11 Å². The first-order chi connectivity index (χ1) is 11.4. The minimum atomic E-state index is -0.469. The number of fused-ring (bicyclic) bond motifs is 2. The Bertz CT molecular complexity index is 1020. The topological polar surface area (TPSA) is 79.9 Å². The van der Waals surface area contributed by atoms with E-state index in [0.29, 0.717) is 17.7 Å². The third-order valence-corrected chi connectivity index (χ3v) is 3.94. The second kappa shape index (κ2) is 5.92. The van der Waals surface area contributed by atoms with Crippen LogP contribution in [0.15, 0.2) is 45.1 Å². The van der Waals surface area contributed by atoms with Gasteiger partial charge in [0, 0.05) is 11.6 Å². The van der Waals surface area contributed by atoms with Gasteiger partial charge in [0.25, 0.3) is 0 Å². The van der Waals surface area contributed by atoms with Gasteiger partial charge in [0.15, 0.2) is 0 Å². The Kier molecular flexibility index (Phi) is 3.93. The summed E-state index contributed by atoms with van der Waals surface area (Å²) in [4.78, 5) is 12.8. The van der Waals surface area contributed by atoms with E-state index in [1.165, 1.54) is 13.2 Å². The van der Waals surface area contributed by atoms with Crippen LogP contribution in [0.2, 0.25) is 0 Å². The summed E-state index contributed by atoms with van der Waals surface area (Å²) < 4.78 is 11.0. The van der Waals surface area contributed by atoms with Crippen LogP contribution >= 0.6 is 0 Å². The Morgan fingerprint density at radius 2 is 1.96 bits per heavy atom. The lowest BCUT2D eigenvalue weighted by atomic mass is 10.0. The van der Waals surface area contributed by atoms with E-state index >= 15 is 0 Å². The number of hydrogen-bond acceptors (Lipinski definition) is 5. The second-order valence-corrected chi connectivity index (χ2v) is 5.85. The number of phenols is 2. The minimum Gasteiger partial charge on any atom is -0.507 e. The molecule has 0 atom stereocenters. The molecule has 124 valence electrons. The molecule has 0 radical (unpaired) electrons. The fourth-order valence-corrected chi connectivity index (χ4v) is 2.72. The second-order valence-electron chi connectivity index (χ2n) is 5.85. The van der Waals surface area contributed by atoms with E-state index in [9.17, 15) is 15.0 Å². The predicted octanol–water partition coefficient (Wildman–Crippen LogP) is 3.87. The van der Waals surface area contributed by atoms with Gasteiger partial charge in [-0.1, -0.05) is 17.7 Å². The SMILES string of the molecule is COc1cc2oc3cccc(O)c3c(=O)c2c(O)c1CC=C(C)C. The van der Waals surface area contributed by atoms with Crippen molar-refractivity contribution in [3.05, 3.63) is 51.7 Å². The molecule has 5 heteroatoms. The van der Waals surface area contributed by atoms with Gasteiger partial charge in [-0.15, -0.1) is 0 Å². The van der Waals surface area contributed by atoms with Crippen LogP contribution in [-0.4, -0.2) is 17.3 Å². The van der Waals surface area contributed by atoms with Gasteiger partial charge in [-0.25, -0.2) is 0 Å². The Morgan fingerprint density at radius 1 is 1.21 bits per heavy atom. The molecule has 1 aromatic heterocycles. The molecule has 0 aliphatic rings. The fraction of sp³-hybridized carbons (Fsp3) is 0.211. The molecule has 0 aliphatic heterocycles. The highest BCUT2D eigenvalue weighted by Crippen LogP contribution is 2.37. The number of benzene rings is 2. The van der Waals surface area contributed by atoms with Crippen LogP contribution in [0.1, 0.15) is 19.4 Å². The standard InChI is InChI=1S/C19H18O5/c1-10(2)7-8-11-14(23-3)9-15-17(18(11)21)19(22)16-12(20)5-4-6-13(16)24-15/h4-7,9,20-21H,8H2,1-3H3. The zero-order valence-corrected chi connectivity index (χ0v) is 13.7. The molecule has 0 spiro atoms. The van der Waals surface area contributed by atoms with Crippen LogP contribution in [0.5, 0.6) is 17.2 Å². The van der Waals surface area contributed by atoms with Crippen LogP contribution in [-0.2, 0) is 6.42 Å². The average Bonchev–Trinajstić information content (AvgIpc) is 2.53. The molecule has 2 aromatic carbocycles. The predicted molar refractivity (Wildman–Crippen MR) is 93.0 cm³/mol. The van der Waals surface area contributed by atoms with Gasteiger partial charge < -0.3 is 19.4 Å². The summed E-state index contributed by atoms with van der Waals surface area (Å²) in [5.41, 5.74) is 1.59. The zero-order chi connectivity index (χ0) is 17.4. The van der Waals surface area contributed by atoms with Crippen molar-refractivity contribution in [1.82, 2.24) is 0 Å². The van der Waals surface area contributed by atoms with Gasteiger partial charge in [0.1, 0.15) is 39.2 Å². The van der Waals surface area contributed by atoms with E-state index < -0.39 is 5.43 Å². The molecule has 0 saturated carbocycles. The molecule has 24 heavy (non-hydrogen) atoms. The number of aromatic hydroxyl groups is 2. The maximum Gasteiger partial charge on any atom is 0.208 e. The highest BCUT2D eigenvalue weighted by atomic mass is 16.5. The third-order valence-electron chi connectivity index (χ3n) is 3.94. The Morgan fingerprint density at radius 3 is 2.62 bits per heavy atom. The van der Waals surface area contributed by atoms with Crippen LogP contribution in [0.25, 0.3) is 21.9 Å². The number of hydrogen-bond donors (Lipinski definition) is 2. The first-order valence-electron chi connectivity index (χ1n) is 7.54. The maximum absolute atomic E-state index is 12.8. The van der Waals surface area contributed by atoms with Crippen molar-refractivity contribution in [3.63, 3.8) is 0 Å². The molecular formula is C19H18O5. The van der Waals surface area contributed by atoms with E-state index in [4.69, 9.17) is 9.15 Å². The highest BCUT2D eigenvalue weighted by molar-refractivity contribution is 5.97. The van der Waals surface area contributed by atoms with Crippen LogP contribution in [0.3, 0.4) is 0 Å². The quantitative estimate of drug-likeness (QED) is 0.564.